The number of allylic oxidation sites excluding steroid dienone is 5. The topological polar surface area (TPSA) is 231 Å². The third-order valence-corrected chi connectivity index (χ3v) is 17.0. The predicted octanol–water partition coefficient (Wildman–Crippen LogP) is 7.65. The number of carbonyl (C=O) groups is 5. The number of fused-ring (bicyclic) bond motifs is 3. The first kappa shape index (κ1) is 70.8. The summed E-state index contributed by atoms with van der Waals surface area (Å²) in [5, 5.41) is 23.8. The molecule has 1 saturated carbocycles. The van der Waals surface area contributed by atoms with Gasteiger partial charge in [-0.25, -0.2) is 4.79 Å². The van der Waals surface area contributed by atoms with Crippen LogP contribution in [0, 0.1) is 35.5 Å². The molecule has 19 nitrogen and oxygen atoms in total. The normalized spacial score (nSPS) is 35.3. The first-order valence-corrected chi connectivity index (χ1v) is 30.1. The summed E-state index contributed by atoms with van der Waals surface area (Å²) in [6.45, 7) is 16.5. The van der Waals surface area contributed by atoms with Gasteiger partial charge in [-0.05, 0) is 113 Å². The minimum Gasteiger partial charge on any atom is -0.460 e. The molecule has 0 spiro atoms. The maximum absolute atomic E-state index is 14.8. The van der Waals surface area contributed by atoms with E-state index in [1.807, 2.05) is 71.1 Å². The van der Waals surface area contributed by atoms with E-state index in [0.717, 1.165) is 12.0 Å². The van der Waals surface area contributed by atoms with Crippen LogP contribution in [0.5, 0.6) is 0 Å². The van der Waals surface area contributed by atoms with Crippen LogP contribution in [-0.2, 0) is 76.1 Å². The number of aliphatic hydroxyl groups excluding tert-OH is 1. The molecule has 4 aliphatic rings. The molecular weight excluding hydrogens is 1060 g/mol. The van der Waals surface area contributed by atoms with Crippen LogP contribution >= 0.6 is 0 Å². The molecule has 3 fully saturated rings. The average Bonchev–Trinajstić information content (AvgIpc) is 3.47. The summed E-state index contributed by atoms with van der Waals surface area (Å²) in [5.41, 5.74) is 1.40. The minimum atomic E-state index is -2.43. The van der Waals surface area contributed by atoms with Gasteiger partial charge >= 0.3 is 11.9 Å². The Morgan fingerprint density at radius 1 is 0.744 bits per heavy atom. The van der Waals surface area contributed by atoms with Gasteiger partial charge in [0, 0.05) is 85.7 Å². The summed E-state index contributed by atoms with van der Waals surface area (Å²) in [4.78, 5) is 71.9. The Bertz CT molecular complexity index is 2080. The summed E-state index contributed by atoms with van der Waals surface area (Å²) < 4.78 is 63.9. The SMILES string of the molecule is COCCOCCOCCOCCCC(=O)O[C@@H]1CC[C@@H](C[C@@H](C)[C@@H]2C[C@@H](OC)[C@H](C)/C=C(\C)[C@@H](O)[C@@H](OC)C(=O)[C@H](C)C[C@H](C)/C=C/C=C/C=C(\C)[C@@H](OC)C[C@@H]3CC[C@@H](C)[C@@](O)(O3)C(=O)C(=O)N3CCCC[C@H]3C(=O)O2)C[C@H]1OC. The summed E-state index contributed by atoms with van der Waals surface area (Å²) in [5.74, 6) is -7.40. The van der Waals surface area contributed by atoms with Crippen LogP contribution in [0.3, 0.4) is 0 Å². The van der Waals surface area contributed by atoms with E-state index in [1.165, 1.54) is 12.0 Å². The molecule has 16 atom stereocenters. The van der Waals surface area contributed by atoms with Gasteiger partial charge in [-0.1, -0.05) is 71.1 Å². The average molecular weight is 1160 g/mol. The molecule has 0 unspecified atom stereocenters. The molecule has 468 valence electrons. The largest absolute Gasteiger partial charge is 0.460 e. The fourth-order valence-electron chi connectivity index (χ4n) is 11.9. The third-order valence-electron chi connectivity index (χ3n) is 17.0. The summed E-state index contributed by atoms with van der Waals surface area (Å²) in [7, 11) is 7.82. The van der Waals surface area contributed by atoms with Crippen molar-refractivity contribution < 1.29 is 86.3 Å². The highest BCUT2D eigenvalue weighted by atomic mass is 16.6. The number of Topliss-reactive ketones (excluding diaryl/α,β-unsaturated/α-hetero) is 2. The van der Waals surface area contributed by atoms with Crippen molar-refractivity contribution >= 4 is 29.4 Å². The van der Waals surface area contributed by atoms with Gasteiger partial charge in [-0.3, -0.25) is 19.2 Å². The molecule has 82 heavy (non-hydrogen) atoms. The van der Waals surface area contributed by atoms with Crippen molar-refractivity contribution in [2.24, 2.45) is 35.5 Å². The molecule has 2 saturated heterocycles. The van der Waals surface area contributed by atoms with Crippen molar-refractivity contribution in [2.75, 3.05) is 88.3 Å². The number of hydrogen-bond donors (Lipinski definition) is 2. The molecule has 19 heteroatoms. The van der Waals surface area contributed by atoms with Gasteiger partial charge in [-0.2, -0.15) is 0 Å². The first-order valence-electron chi connectivity index (χ1n) is 30.1. The minimum absolute atomic E-state index is 0.0262. The number of carbonyl (C=O) groups excluding carboxylic acids is 5. The Balaban J connectivity index is 1.57. The lowest BCUT2D eigenvalue weighted by Gasteiger charge is -2.43. The number of rotatable bonds is 21. The first-order chi connectivity index (χ1) is 39.2. The molecule has 0 aromatic heterocycles. The maximum atomic E-state index is 14.8. The molecule has 2 bridgehead atoms. The van der Waals surface area contributed by atoms with E-state index in [1.54, 1.807) is 42.3 Å². The van der Waals surface area contributed by atoms with Crippen molar-refractivity contribution in [1.82, 2.24) is 4.90 Å². The second-order valence-electron chi connectivity index (χ2n) is 23.4. The number of cyclic esters (lactones) is 1. The molecular formula is C63H103NO18. The third kappa shape index (κ3) is 22.0. The summed E-state index contributed by atoms with van der Waals surface area (Å²) in [6.07, 6.45) is 12.6. The zero-order valence-corrected chi connectivity index (χ0v) is 51.6. The standard InChI is InChI=1S/C63H103NO18/c1-41-19-14-13-15-20-42(2)52(73-9)39-49-25-23-47(7)63(71,82-49)60(68)61(69)64-27-17-16-21-50(64)62(70)81-54(40-53(74-10)43(3)36-46(6)58(67)59(76-12)57(66)45(5)35-41)44(4)37-48-24-26-51(55(38-48)75-11)80-56(65)22-18-28-77-31-32-79-34-33-78-30-29-72-8/h13-15,19-20,36,41,43-45,47-55,58-59,67,71H,16-18,21-35,37-40H2,1-12H3/b15-13+,19-14+,42-20+,46-36+/t41-,43-,44-,45-,47-,48+,49+,50+,51-,52+,53-,54+,55-,58-,59+,63-/m1/s1. The van der Waals surface area contributed by atoms with Crippen LogP contribution in [0.15, 0.2) is 47.6 Å². The van der Waals surface area contributed by atoms with Crippen LogP contribution in [0.2, 0.25) is 0 Å². The van der Waals surface area contributed by atoms with Crippen molar-refractivity contribution in [3.05, 3.63) is 47.6 Å². The molecule has 3 aliphatic heterocycles. The smallest absolute Gasteiger partial charge is 0.329 e. The number of ketones is 2. The lowest BCUT2D eigenvalue weighted by atomic mass is 9.78. The highest BCUT2D eigenvalue weighted by Crippen LogP contribution is 2.38. The van der Waals surface area contributed by atoms with Crippen molar-refractivity contribution in [3.8, 4) is 0 Å². The molecule has 2 N–H and O–H groups in total. The van der Waals surface area contributed by atoms with Crippen LogP contribution in [-0.4, -0.2) is 194 Å². The lowest BCUT2D eigenvalue weighted by Crippen LogP contribution is -2.61. The van der Waals surface area contributed by atoms with E-state index in [0.29, 0.717) is 116 Å². The van der Waals surface area contributed by atoms with E-state index in [4.69, 9.17) is 52.1 Å². The zero-order valence-electron chi connectivity index (χ0n) is 51.6. The van der Waals surface area contributed by atoms with Gasteiger partial charge < -0.3 is 67.2 Å². The Morgan fingerprint density at radius 3 is 2.09 bits per heavy atom. The fraction of sp³-hybridized carbons (Fsp3) is 0.794. The van der Waals surface area contributed by atoms with Gasteiger partial charge in [-0.15, -0.1) is 0 Å². The molecule has 0 aromatic rings. The van der Waals surface area contributed by atoms with E-state index in [-0.39, 0.29) is 67.3 Å². The van der Waals surface area contributed by atoms with Gasteiger partial charge in [0.05, 0.1) is 64.1 Å². The highest BCUT2D eigenvalue weighted by molar-refractivity contribution is 6.39. The summed E-state index contributed by atoms with van der Waals surface area (Å²) >= 11 is 0. The van der Waals surface area contributed by atoms with Crippen molar-refractivity contribution in [3.63, 3.8) is 0 Å². The number of esters is 2. The second kappa shape index (κ2) is 37.0. The lowest BCUT2D eigenvalue weighted by molar-refractivity contribution is -0.265. The number of piperidine rings is 1. The van der Waals surface area contributed by atoms with E-state index in [2.05, 4.69) is 0 Å². The Labute approximate surface area is 489 Å². The highest BCUT2D eigenvalue weighted by Gasteiger charge is 2.53. The van der Waals surface area contributed by atoms with Crippen molar-refractivity contribution in [2.45, 2.75) is 199 Å². The predicted molar refractivity (Wildman–Crippen MR) is 308 cm³/mol. The Kier molecular flexibility index (Phi) is 31.9. The molecule has 3 heterocycles. The van der Waals surface area contributed by atoms with Crippen LogP contribution < -0.4 is 0 Å². The van der Waals surface area contributed by atoms with Gasteiger partial charge in [0.2, 0.25) is 5.79 Å². The maximum Gasteiger partial charge on any atom is 0.329 e. The second-order valence-corrected chi connectivity index (χ2v) is 23.4. The number of ether oxygens (including phenoxy) is 11. The molecule has 0 aromatic carbocycles. The Hall–Kier alpha value is -3.73. The van der Waals surface area contributed by atoms with E-state index < -0.39 is 84.1 Å². The number of methoxy groups -OCH3 is 5. The molecule has 4 rings (SSSR count). The van der Waals surface area contributed by atoms with Crippen LogP contribution in [0.1, 0.15) is 138 Å². The molecule has 0 radical (unpaired) electrons. The van der Waals surface area contributed by atoms with Gasteiger partial charge in [0.1, 0.15) is 30.5 Å². The zero-order chi connectivity index (χ0) is 60.4. The number of nitrogens with zero attached hydrogens (tertiary/aromatic N) is 1. The molecule has 1 aliphatic carbocycles. The van der Waals surface area contributed by atoms with Gasteiger partial charge in [0.15, 0.2) is 5.78 Å². The van der Waals surface area contributed by atoms with E-state index >= 15 is 0 Å². The van der Waals surface area contributed by atoms with Crippen LogP contribution in [0.25, 0.3) is 0 Å². The Morgan fingerprint density at radius 2 is 1.43 bits per heavy atom. The van der Waals surface area contributed by atoms with Crippen LogP contribution in [0.4, 0.5) is 0 Å². The number of hydrogen-bond acceptors (Lipinski definition) is 18. The van der Waals surface area contributed by atoms with Gasteiger partial charge in [0.25, 0.3) is 11.7 Å². The quantitative estimate of drug-likeness (QED) is 0.0486. The van der Waals surface area contributed by atoms with E-state index in [9.17, 15) is 34.2 Å². The number of aliphatic hydroxyl groups is 2. The monoisotopic (exact) mass is 1160 g/mol. The molecule has 1 amide bonds. The fourth-order valence-corrected chi connectivity index (χ4v) is 11.9. The summed E-state index contributed by atoms with van der Waals surface area (Å²) in [6, 6.07) is -1.11. The van der Waals surface area contributed by atoms with Crippen molar-refractivity contribution in [1.29, 1.82) is 0 Å². The number of amides is 1.